The zero-order valence-electron chi connectivity index (χ0n) is 15.8. The van der Waals surface area contributed by atoms with E-state index in [1.165, 1.54) is 19.2 Å². The van der Waals surface area contributed by atoms with Crippen molar-refractivity contribution in [3.63, 3.8) is 0 Å². The average molecular weight is 429 g/mol. The third-order valence-corrected chi connectivity index (χ3v) is 5.31. The Labute approximate surface area is 170 Å². The van der Waals surface area contributed by atoms with E-state index in [1.807, 2.05) is 0 Å². The number of nitrogens with zero attached hydrogens (tertiary/aromatic N) is 1. The molecular formula is C20H15NO8S. The second-order valence-electron chi connectivity index (χ2n) is 6.32. The fourth-order valence-corrected chi connectivity index (χ4v) is 3.43. The van der Waals surface area contributed by atoms with Gasteiger partial charge in [0.1, 0.15) is 11.3 Å². The van der Waals surface area contributed by atoms with E-state index in [9.17, 15) is 28.1 Å². The van der Waals surface area contributed by atoms with Gasteiger partial charge in [-0.25, -0.2) is 18.0 Å². The van der Waals surface area contributed by atoms with Crippen molar-refractivity contribution in [2.45, 2.75) is 4.90 Å². The lowest BCUT2D eigenvalue weighted by Crippen LogP contribution is -2.13. The number of carbonyl (C=O) groups excluding carboxylic acids is 2. The Bertz CT molecular complexity index is 1300. The number of sulfone groups is 1. The van der Waals surface area contributed by atoms with Crippen LogP contribution in [-0.4, -0.2) is 38.6 Å². The minimum atomic E-state index is -3.83. The predicted molar refractivity (Wildman–Crippen MR) is 106 cm³/mol. The van der Waals surface area contributed by atoms with Gasteiger partial charge in [0, 0.05) is 18.4 Å². The summed E-state index contributed by atoms with van der Waals surface area (Å²) in [5.74, 6) is -1.94. The molecule has 30 heavy (non-hydrogen) atoms. The molecule has 0 N–H and O–H groups in total. The lowest BCUT2D eigenvalue weighted by molar-refractivity contribution is -0.385. The first-order valence-corrected chi connectivity index (χ1v) is 10.3. The van der Waals surface area contributed by atoms with Crippen LogP contribution in [-0.2, 0) is 14.6 Å². The van der Waals surface area contributed by atoms with Crippen LogP contribution in [0, 0.1) is 10.1 Å². The summed E-state index contributed by atoms with van der Waals surface area (Å²) in [6.45, 7) is 0. The highest BCUT2D eigenvalue weighted by Gasteiger charge is 2.22. The fraction of sp³-hybridized carbons (Fsp3) is 0.100. The third kappa shape index (κ3) is 4.28. The Balaban J connectivity index is 2.10. The van der Waals surface area contributed by atoms with Gasteiger partial charge in [-0.05, 0) is 29.0 Å². The first kappa shape index (κ1) is 20.9. The van der Waals surface area contributed by atoms with E-state index in [0.29, 0.717) is 10.8 Å². The van der Waals surface area contributed by atoms with E-state index in [2.05, 4.69) is 0 Å². The van der Waals surface area contributed by atoms with Crippen molar-refractivity contribution >= 4 is 38.2 Å². The van der Waals surface area contributed by atoms with Gasteiger partial charge in [-0.3, -0.25) is 10.1 Å². The molecule has 0 spiro atoms. The summed E-state index contributed by atoms with van der Waals surface area (Å²) in [7, 11) is -2.66. The van der Waals surface area contributed by atoms with Crippen LogP contribution in [0.4, 0.5) is 5.69 Å². The van der Waals surface area contributed by atoms with Gasteiger partial charge in [-0.1, -0.05) is 24.3 Å². The SMILES string of the molecule is COC(=O)c1cc2ccccc2cc1OC(=O)c1cc([N+](=O)[O-])cc(S(C)(=O)=O)c1. The Morgan fingerprint density at radius 1 is 0.967 bits per heavy atom. The summed E-state index contributed by atoms with van der Waals surface area (Å²) in [6.07, 6.45) is 0.861. The van der Waals surface area contributed by atoms with Gasteiger partial charge in [0.05, 0.1) is 22.5 Å². The zero-order chi connectivity index (χ0) is 22.1. The molecule has 154 valence electrons. The monoisotopic (exact) mass is 429 g/mol. The minimum absolute atomic E-state index is 0.0293. The van der Waals surface area contributed by atoms with Crippen molar-refractivity contribution < 1.29 is 32.4 Å². The number of fused-ring (bicyclic) bond motifs is 1. The molecule has 0 saturated carbocycles. The molecular weight excluding hydrogens is 414 g/mol. The smallest absolute Gasteiger partial charge is 0.343 e. The normalized spacial score (nSPS) is 11.1. The molecule has 0 aliphatic carbocycles. The number of hydrogen-bond donors (Lipinski definition) is 0. The largest absolute Gasteiger partial charge is 0.465 e. The molecule has 0 saturated heterocycles. The number of methoxy groups -OCH3 is 1. The molecule has 0 heterocycles. The zero-order valence-corrected chi connectivity index (χ0v) is 16.6. The molecule has 0 bridgehead atoms. The van der Waals surface area contributed by atoms with Gasteiger partial charge in [0.2, 0.25) is 0 Å². The van der Waals surface area contributed by atoms with Crippen molar-refractivity contribution in [1.29, 1.82) is 0 Å². The van der Waals surface area contributed by atoms with Crippen molar-refractivity contribution in [3.8, 4) is 5.75 Å². The van der Waals surface area contributed by atoms with Crippen molar-refractivity contribution in [2.24, 2.45) is 0 Å². The molecule has 0 fully saturated rings. The Morgan fingerprint density at radius 3 is 2.17 bits per heavy atom. The average Bonchev–Trinajstić information content (AvgIpc) is 2.71. The Morgan fingerprint density at radius 2 is 1.60 bits per heavy atom. The summed E-state index contributed by atoms with van der Waals surface area (Å²) in [5, 5.41) is 12.5. The third-order valence-electron chi connectivity index (χ3n) is 4.22. The minimum Gasteiger partial charge on any atom is -0.465 e. The molecule has 3 rings (SSSR count). The molecule has 0 unspecified atom stereocenters. The van der Waals surface area contributed by atoms with Gasteiger partial charge in [0.15, 0.2) is 9.84 Å². The number of nitro benzene ring substituents is 1. The highest BCUT2D eigenvalue weighted by molar-refractivity contribution is 7.90. The Hall–Kier alpha value is -3.79. The van der Waals surface area contributed by atoms with Crippen LogP contribution in [0.2, 0.25) is 0 Å². The number of nitro groups is 1. The van der Waals surface area contributed by atoms with E-state index in [0.717, 1.165) is 24.5 Å². The lowest BCUT2D eigenvalue weighted by Gasteiger charge is -2.11. The standard InChI is InChI=1S/C20H15NO8S/c1-28-20(23)17-9-12-5-3-4-6-13(12)10-18(17)29-19(22)14-7-15(21(24)25)11-16(8-14)30(2,26)27/h3-11H,1-2H3. The number of hydrogen-bond acceptors (Lipinski definition) is 8. The maximum atomic E-state index is 12.7. The fourth-order valence-electron chi connectivity index (χ4n) is 2.75. The van der Waals surface area contributed by atoms with E-state index in [4.69, 9.17) is 9.47 Å². The molecule has 10 heteroatoms. The molecule has 3 aromatic carbocycles. The first-order chi connectivity index (χ1) is 14.1. The van der Waals surface area contributed by atoms with Gasteiger partial charge in [0.25, 0.3) is 5.69 Å². The van der Waals surface area contributed by atoms with Crippen LogP contribution in [0.3, 0.4) is 0 Å². The van der Waals surface area contributed by atoms with Gasteiger partial charge < -0.3 is 9.47 Å². The number of non-ortho nitro benzene ring substituents is 1. The second kappa shape index (κ2) is 7.91. The maximum Gasteiger partial charge on any atom is 0.343 e. The molecule has 9 nitrogen and oxygen atoms in total. The summed E-state index contributed by atoms with van der Waals surface area (Å²) in [4.78, 5) is 34.7. The lowest BCUT2D eigenvalue weighted by atomic mass is 10.1. The number of ether oxygens (including phenoxy) is 2. The van der Waals surface area contributed by atoms with Gasteiger partial charge in [-0.2, -0.15) is 0 Å². The molecule has 0 aliphatic rings. The van der Waals surface area contributed by atoms with Crippen molar-refractivity contribution in [2.75, 3.05) is 13.4 Å². The maximum absolute atomic E-state index is 12.7. The quantitative estimate of drug-likeness (QED) is 0.262. The summed E-state index contributed by atoms with van der Waals surface area (Å²) >= 11 is 0. The van der Waals surface area contributed by atoms with Gasteiger partial charge in [-0.15, -0.1) is 0 Å². The molecule has 0 aliphatic heterocycles. The molecule has 0 aromatic heterocycles. The topological polar surface area (TPSA) is 130 Å². The van der Waals surface area contributed by atoms with E-state index in [1.54, 1.807) is 24.3 Å². The number of rotatable bonds is 5. The molecule has 0 amide bonds. The predicted octanol–water partition coefficient (Wildman–Crippen LogP) is 3.16. The first-order valence-electron chi connectivity index (χ1n) is 8.43. The number of esters is 2. The van der Waals surface area contributed by atoms with Crippen LogP contribution in [0.5, 0.6) is 5.75 Å². The highest BCUT2D eigenvalue weighted by atomic mass is 32.2. The van der Waals surface area contributed by atoms with Gasteiger partial charge >= 0.3 is 11.9 Å². The van der Waals surface area contributed by atoms with E-state index in [-0.39, 0.29) is 16.9 Å². The molecule has 3 aromatic rings. The number of carbonyl (C=O) groups is 2. The molecule has 0 atom stereocenters. The summed E-state index contributed by atoms with van der Waals surface area (Å²) < 4.78 is 33.7. The molecule has 0 radical (unpaired) electrons. The number of benzene rings is 3. The van der Waals surface area contributed by atoms with Crippen LogP contribution in [0.25, 0.3) is 10.8 Å². The van der Waals surface area contributed by atoms with E-state index < -0.39 is 37.3 Å². The van der Waals surface area contributed by atoms with Crippen LogP contribution >= 0.6 is 0 Å². The summed E-state index contributed by atoms with van der Waals surface area (Å²) in [5.41, 5.74) is -0.969. The Kier molecular flexibility index (Phi) is 5.52. The van der Waals surface area contributed by atoms with Crippen molar-refractivity contribution in [3.05, 3.63) is 75.8 Å². The van der Waals surface area contributed by atoms with Crippen LogP contribution in [0.1, 0.15) is 20.7 Å². The summed E-state index contributed by atoms with van der Waals surface area (Å²) in [6, 6.07) is 12.7. The highest BCUT2D eigenvalue weighted by Crippen LogP contribution is 2.28. The van der Waals surface area contributed by atoms with Crippen LogP contribution in [0.15, 0.2) is 59.5 Å². The van der Waals surface area contributed by atoms with Crippen LogP contribution < -0.4 is 4.74 Å². The second-order valence-corrected chi connectivity index (χ2v) is 8.34. The van der Waals surface area contributed by atoms with E-state index >= 15 is 0 Å². The van der Waals surface area contributed by atoms with Crippen molar-refractivity contribution in [1.82, 2.24) is 0 Å².